The first-order valence-corrected chi connectivity index (χ1v) is 6.84. The lowest BCUT2D eigenvalue weighted by molar-refractivity contribution is -0.152. The minimum atomic E-state index is -0.677. The largest absolute Gasteiger partial charge is 0.387 e. The van der Waals surface area contributed by atoms with Crippen LogP contribution in [0, 0.1) is 0 Å². The molecule has 0 heterocycles. The predicted molar refractivity (Wildman–Crippen MR) is 84.9 cm³/mol. The summed E-state index contributed by atoms with van der Waals surface area (Å²) in [5, 5.41) is 0. The average molecular weight is 458 g/mol. The van der Waals surface area contributed by atoms with Gasteiger partial charge in [0.25, 0.3) is 0 Å². The number of hydrogen-bond acceptors (Lipinski definition) is 3. The molecule has 0 aliphatic heterocycles. The van der Waals surface area contributed by atoms with Gasteiger partial charge in [0.15, 0.2) is 0 Å². The van der Waals surface area contributed by atoms with Gasteiger partial charge in [-0.25, -0.2) is 9.59 Å². The zero-order chi connectivity index (χ0) is 13.3. The first kappa shape index (κ1) is 16.6. The van der Waals surface area contributed by atoms with Gasteiger partial charge in [-0.05, 0) is 66.2 Å². The molecule has 0 spiro atoms. The van der Waals surface area contributed by atoms with Gasteiger partial charge in [0, 0.05) is 12.2 Å². The maximum Gasteiger partial charge on any atom is 0.338 e. The Balaban J connectivity index is 4.18. The number of carbonyl (C=O) groups excluding carboxylic acids is 2. The van der Waals surface area contributed by atoms with E-state index in [0.717, 1.165) is 7.16 Å². The molecule has 0 fully saturated rings. The van der Waals surface area contributed by atoms with E-state index < -0.39 is 11.9 Å². The van der Waals surface area contributed by atoms with E-state index in [1.807, 2.05) is 13.8 Å². The summed E-state index contributed by atoms with van der Waals surface area (Å²) in [6.07, 6.45) is 8.96. The first-order valence-electron chi connectivity index (χ1n) is 4.68. The molecule has 0 aromatic carbocycles. The second-order valence-electron chi connectivity index (χ2n) is 2.97. The molecule has 0 aliphatic carbocycles. The van der Waals surface area contributed by atoms with E-state index in [4.69, 9.17) is 0 Å². The Labute approximate surface area is 128 Å². The topological polar surface area (TPSA) is 43.4 Å². The summed E-state index contributed by atoms with van der Waals surface area (Å²) in [5.74, 6) is -1.35. The molecule has 0 amide bonds. The third kappa shape index (κ3) is 11.8. The standard InChI is InChI=1S/C12H12I2O3/c1-9(13)5-3-7-11(15)17-12(16)8-4-6-10(2)14/h3-8H,1-2H3/b7-3+,8-4+,9-5-,10-6-. The highest BCUT2D eigenvalue weighted by molar-refractivity contribution is 14.1. The Morgan fingerprint density at radius 3 is 1.53 bits per heavy atom. The molecule has 0 unspecified atom stereocenters. The van der Waals surface area contributed by atoms with Gasteiger partial charge in [-0.1, -0.05) is 24.3 Å². The van der Waals surface area contributed by atoms with Gasteiger partial charge in [-0.15, -0.1) is 0 Å². The Bertz CT molecular complexity index is 358. The highest BCUT2D eigenvalue weighted by atomic mass is 127. The zero-order valence-corrected chi connectivity index (χ0v) is 13.8. The number of rotatable bonds is 4. The highest BCUT2D eigenvalue weighted by Gasteiger charge is 2.01. The molecule has 17 heavy (non-hydrogen) atoms. The second kappa shape index (κ2) is 9.58. The van der Waals surface area contributed by atoms with Crippen molar-refractivity contribution >= 4 is 57.1 Å². The molecule has 3 nitrogen and oxygen atoms in total. The SMILES string of the molecule is C/C(I)=C/C=C/C(=O)OC(=O)/C=C/C=C(/C)I. The normalized spacial score (nSPS) is 13.4. The summed E-state index contributed by atoms with van der Waals surface area (Å²) in [7, 11) is 0. The van der Waals surface area contributed by atoms with E-state index in [1.165, 1.54) is 24.3 Å². The van der Waals surface area contributed by atoms with E-state index in [-0.39, 0.29) is 0 Å². The van der Waals surface area contributed by atoms with Crippen LogP contribution in [0.4, 0.5) is 0 Å². The fourth-order valence-electron chi connectivity index (χ4n) is 0.686. The monoisotopic (exact) mass is 458 g/mol. The minimum absolute atomic E-state index is 0.677. The molecule has 0 N–H and O–H groups in total. The van der Waals surface area contributed by atoms with Crippen molar-refractivity contribution < 1.29 is 14.3 Å². The van der Waals surface area contributed by atoms with Crippen molar-refractivity contribution in [2.24, 2.45) is 0 Å². The number of allylic oxidation sites excluding steroid dienone is 6. The van der Waals surface area contributed by atoms with Crippen LogP contribution >= 0.6 is 45.2 Å². The second-order valence-corrected chi connectivity index (χ2v) is 6.37. The number of carbonyl (C=O) groups is 2. The minimum Gasteiger partial charge on any atom is -0.387 e. The number of ether oxygens (including phenoxy) is 1. The molecular weight excluding hydrogens is 446 g/mol. The lowest BCUT2D eigenvalue weighted by atomic mass is 10.4. The molecule has 0 bridgehead atoms. The van der Waals surface area contributed by atoms with E-state index in [9.17, 15) is 9.59 Å². The van der Waals surface area contributed by atoms with Crippen LogP contribution in [0.1, 0.15) is 13.8 Å². The number of halogens is 2. The Morgan fingerprint density at radius 1 is 0.882 bits per heavy atom. The fourth-order valence-corrected chi connectivity index (χ4v) is 1.10. The molecule has 0 saturated heterocycles. The zero-order valence-electron chi connectivity index (χ0n) is 9.44. The van der Waals surface area contributed by atoms with E-state index in [0.29, 0.717) is 0 Å². The van der Waals surface area contributed by atoms with Gasteiger partial charge in [-0.2, -0.15) is 0 Å². The fraction of sp³-hybridized carbons (Fsp3) is 0.167. The van der Waals surface area contributed by atoms with Crippen LogP contribution in [-0.2, 0) is 14.3 Å². The molecule has 0 saturated carbocycles. The Kier molecular flexibility index (Phi) is 9.33. The molecular formula is C12H12I2O3. The van der Waals surface area contributed by atoms with Gasteiger partial charge in [-0.3, -0.25) is 0 Å². The van der Waals surface area contributed by atoms with Gasteiger partial charge in [0.1, 0.15) is 0 Å². The average Bonchev–Trinajstić information content (AvgIpc) is 2.15. The van der Waals surface area contributed by atoms with Crippen LogP contribution in [-0.4, -0.2) is 11.9 Å². The molecule has 0 rings (SSSR count). The first-order chi connectivity index (χ1) is 7.91. The van der Waals surface area contributed by atoms with Crippen molar-refractivity contribution in [2.75, 3.05) is 0 Å². The maximum atomic E-state index is 11.1. The van der Waals surface area contributed by atoms with Crippen molar-refractivity contribution in [3.63, 3.8) is 0 Å². The van der Waals surface area contributed by atoms with Gasteiger partial charge in [0.05, 0.1) is 0 Å². The third-order valence-electron chi connectivity index (χ3n) is 1.32. The summed E-state index contributed by atoms with van der Waals surface area (Å²) < 4.78 is 6.56. The van der Waals surface area contributed by atoms with Crippen LogP contribution < -0.4 is 0 Å². The molecule has 5 heteroatoms. The predicted octanol–water partition coefficient (Wildman–Crippen LogP) is 3.85. The molecule has 0 atom stereocenters. The van der Waals surface area contributed by atoms with E-state index in [1.54, 1.807) is 12.2 Å². The quantitative estimate of drug-likeness (QED) is 0.212. The van der Waals surface area contributed by atoms with Gasteiger partial charge >= 0.3 is 11.9 Å². The summed E-state index contributed by atoms with van der Waals surface area (Å²) in [6, 6.07) is 0. The molecule has 0 aromatic heterocycles. The Morgan fingerprint density at radius 2 is 1.24 bits per heavy atom. The van der Waals surface area contributed by atoms with Crippen LogP contribution in [0.25, 0.3) is 0 Å². The van der Waals surface area contributed by atoms with Crippen molar-refractivity contribution in [2.45, 2.75) is 13.8 Å². The van der Waals surface area contributed by atoms with Crippen molar-refractivity contribution in [3.05, 3.63) is 43.6 Å². The van der Waals surface area contributed by atoms with E-state index in [2.05, 4.69) is 49.9 Å². The summed E-state index contributed by atoms with van der Waals surface area (Å²) in [4.78, 5) is 22.2. The lowest BCUT2D eigenvalue weighted by Gasteiger charge is -1.93. The Hall–Kier alpha value is -0.440. The van der Waals surface area contributed by atoms with Crippen molar-refractivity contribution in [1.29, 1.82) is 0 Å². The lowest BCUT2D eigenvalue weighted by Crippen LogP contribution is -2.06. The molecule has 92 valence electrons. The van der Waals surface area contributed by atoms with Crippen LogP contribution in [0.3, 0.4) is 0 Å². The van der Waals surface area contributed by atoms with Crippen molar-refractivity contribution in [3.8, 4) is 0 Å². The van der Waals surface area contributed by atoms with Gasteiger partial charge < -0.3 is 4.74 Å². The van der Waals surface area contributed by atoms with Crippen LogP contribution in [0.2, 0.25) is 0 Å². The molecule has 0 aromatic rings. The highest BCUT2D eigenvalue weighted by Crippen LogP contribution is 2.03. The maximum absolute atomic E-state index is 11.1. The number of esters is 2. The molecule has 0 radical (unpaired) electrons. The summed E-state index contributed by atoms with van der Waals surface area (Å²) >= 11 is 4.22. The van der Waals surface area contributed by atoms with E-state index >= 15 is 0 Å². The van der Waals surface area contributed by atoms with Crippen LogP contribution in [0.5, 0.6) is 0 Å². The van der Waals surface area contributed by atoms with Crippen molar-refractivity contribution in [1.82, 2.24) is 0 Å². The number of hydrogen-bond donors (Lipinski definition) is 0. The third-order valence-corrected chi connectivity index (χ3v) is 2.04. The smallest absolute Gasteiger partial charge is 0.338 e. The van der Waals surface area contributed by atoms with Gasteiger partial charge in [0.2, 0.25) is 0 Å². The summed E-state index contributed by atoms with van der Waals surface area (Å²) in [5.41, 5.74) is 0. The molecule has 0 aliphatic rings. The van der Waals surface area contributed by atoms with Crippen LogP contribution in [0.15, 0.2) is 43.6 Å². The summed E-state index contributed by atoms with van der Waals surface area (Å²) in [6.45, 7) is 3.78.